The minimum atomic E-state index is 0.379. The molecule has 0 bridgehead atoms. The fraction of sp³-hybridized carbons (Fsp3) is 0.462. The maximum Gasteiger partial charge on any atom is 0.230 e. The molecule has 1 N–H and O–H groups in total. The number of nitrogens with one attached hydrogen (secondary N) is 1. The van der Waals surface area contributed by atoms with Crippen LogP contribution >= 0.6 is 0 Å². The van der Waals surface area contributed by atoms with Gasteiger partial charge in [0.2, 0.25) is 11.7 Å². The fourth-order valence-electron chi connectivity index (χ4n) is 2.38. The summed E-state index contributed by atoms with van der Waals surface area (Å²) in [5, 5.41) is 7.47. The van der Waals surface area contributed by atoms with Crippen LogP contribution in [-0.2, 0) is 0 Å². The van der Waals surface area contributed by atoms with Crippen LogP contribution in [-0.4, -0.2) is 27.7 Å². The monoisotopic (exact) mass is 244 g/mol. The Hall–Kier alpha value is -1.75. The van der Waals surface area contributed by atoms with Gasteiger partial charge in [0.15, 0.2) is 0 Å². The third kappa shape index (κ3) is 2.26. The highest BCUT2D eigenvalue weighted by atomic mass is 16.5. The van der Waals surface area contributed by atoms with Crippen molar-refractivity contribution in [2.45, 2.75) is 31.7 Å². The van der Waals surface area contributed by atoms with Crippen molar-refractivity contribution < 1.29 is 4.52 Å². The Morgan fingerprint density at radius 3 is 2.94 bits per heavy atom. The highest BCUT2D eigenvalue weighted by molar-refractivity contribution is 5.52. The summed E-state index contributed by atoms with van der Waals surface area (Å²) in [7, 11) is 0. The van der Waals surface area contributed by atoms with Crippen molar-refractivity contribution >= 4 is 0 Å². The Balaban J connectivity index is 1.81. The van der Waals surface area contributed by atoms with Crippen LogP contribution in [0.3, 0.4) is 0 Å². The van der Waals surface area contributed by atoms with Gasteiger partial charge < -0.3 is 9.84 Å². The second-order valence-electron chi connectivity index (χ2n) is 4.77. The molecule has 1 aliphatic rings. The molecule has 5 nitrogen and oxygen atoms in total. The smallest absolute Gasteiger partial charge is 0.230 e. The number of nitrogens with zero attached hydrogens (tertiary/aromatic N) is 3. The molecule has 1 aliphatic heterocycles. The summed E-state index contributed by atoms with van der Waals surface area (Å²) in [6.07, 6.45) is 5.58. The molecule has 3 rings (SSSR count). The van der Waals surface area contributed by atoms with E-state index in [4.69, 9.17) is 4.52 Å². The summed E-state index contributed by atoms with van der Waals surface area (Å²) < 4.78 is 5.40. The van der Waals surface area contributed by atoms with E-state index < -0.39 is 0 Å². The summed E-state index contributed by atoms with van der Waals surface area (Å²) in [4.78, 5) is 8.49. The Labute approximate surface area is 106 Å². The minimum absolute atomic E-state index is 0.379. The van der Waals surface area contributed by atoms with E-state index in [2.05, 4.69) is 27.4 Å². The second kappa shape index (κ2) is 4.86. The van der Waals surface area contributed by atoms with Crippen molar-refractivity contribution in [3.8, 4) is 11.4 Å². The van der Waals surface area contributed by atoms with Crippen molar-refractivity contribution in [2.24, 2.45) is 0 Å². The normalized spacial score (nSPS) is 24.1. The van der Waals surface area contributed by atoms with Gasteiger partial charge in [-0.25, -0.2) is 0 Å². The van der Waals surface area contributed by atoms with Gasteiger partial charge in [0.25, 0.3) is 0 Å². The average Bonchev–Trinajstić information content (AvgIpc) is 2.89. The third-order valence-electron chi connectivity index (χ3n) is 3.35. The molecular weight excluding hydrogens is 228 g/mol. The van der Waals surface area contributed by atoms with Crippen molar-refractivity contribution in [3.05, 3.63) is 30.4 Å². The van der Waals surface area contributed by atoms with E-state index in [1.807, 2.05) is 12.1 Å². The second-order valence-corrected chi connectivity index (χ2v) is 4.77. The van der Waals surface area contributed by atoms with Crippen LogP contribution in [0.4, 0.5) is 0 Å². The topological polar surface area (TPSA) is 63.8 Å². The lowest BCUT2D eigenvalue weighted by Crippen LogP contribution is -2.34. The van der Waals surface area contributed by atoms with Crippen LogP contribution in [0.5, 0.6) is 0 Å². The number of pyridine rings is 1. The number of rotatable bonds is 2. The van der Waals surface area contributed by atoms with Crippen molar-refractivity contribution in [2.75, 3.05) is 6.54 Å². The van der Waals surface area contributed by atoms with Crippen LogP contribution in [0.25, 0.3) is 11.4 Å². The summed E-state index contributed by atoms with van der Waals surface area (Å²) in [5.74, 6) is 1.79. The Bertz CT molecular complexity index is 511. The summed E-state index contributed by atoms with van der Waals surface area (Å²) >= 11 is 0. The van der Waals surface area contributed by atoms with E-state index in [-0.39, 0.29) is 0 Å². The van der Waals surface area contributed by atoms with Gasteiger partial charge in [-0.1, -0.05) is 5.16 Å². The largest absolute Gasteiger partial charge is 0.339 e. The van der Waals surface area contributed by atoms with Crippen LogP contribution in [0, 0.1) is 0 Å². The maximum absolute atomic E-state index is 5.40. The number of hydrogen-bond donors (Lipinski definition) is 1. The van der Waals surface area contributed by atoms with E-state index in [1.165, 1.54) is 0 Å². The maximum atomic E-state index is 5.40. The lowest BCUT2D eigenvalue weighted by Gasteiger charge is -2.25. The van der Waals surface area contributed by atoms with Crippen LogP contribution in [0.2, 0.25) is 0 Å². The molecule has 0 spiro atoms. The summed E-state index contributed by atoms with van der Waals surface area (Å²) in [5.41, 5.74) is 0.946. The lowest BCUT2D eigenvalue weighted by atomic mass is 9.93. The quantitative estimate of drug-likeness (QED) is 0.875. The van der Waals surface area contributed by atoms with Crippen LogP contribution in [0.1, 0.15) is 31.6 Å². The van der Waals surface area contributed by atoms with Gasteiger partial charge in [0.1, 0.15) is 0 Å². The Kier molecular flexibility index (Phi) is 3.06. The molecule has 5 heteroatoms. The van der Waals surface area contributed by atoms with Gasteiger partial charge in [-0.3, -0.25) is 4.98 Å². The first-order chi connectivity index (χ1) is 8.83. The molecule has 0 saturated carbocycles. The number of aromatic nitrogens is 3. The molecule has 2 aromatic rings. The molecule has 94 valence electrons. The first-order valence-electron chi connectivity index (χ1n) is 6.30. The molecule has 0 amide bonds. The molecule has 2 unspecified atom stereocenters. The van der Waals surface area contributed by atoms with Gasteiger partial charge in [-0.15, -0.1) is 0 Å². The predicted molar refractivity (Wildman–Crippen MR) is 67.0 cm³/mol. The van der Waals surface area contributed by atoms with E-state index in [1.54, 1.807) is 12.4 Å². The van der Waals surface area contributed by atoms with E-state index in [0.717, 1.165) is 30.8 Å². The molecular formula is C13H16N4O. The molecule has 3 heterocycles. The van der Waals surface area contributed by atoms with Gasteiger partial charge >= 0.3 is 0 Å². The number of hydrogen-bond acceptors (Lipinski definition) is 5. The molecule has 2 aromatic heterocycles. The van der Waals surface area contributed by atoms with E-state index >= 15 is 0 Å². The highest BCUT2D eigenvalue weighted by Gasteiger charge is 2.25. The SMILES string of the molecule is CC1CC(c2nc(-c3ccncc3)no2)CCN1. The number of piperidine rings is 1. The van der Waals surface area contributed by atoms with Crippen molar-refractivity contribution in [1.29, 1.82) is 0 Å². The average molecular weight is 244 g/mol. The summed E-state index contributed by atoms with van der Waals surface area (Å²) in [6.45, 7) is 3.20. The first-order valence-corrected chi connectivity index (χ1v) is 6.30. The van der Waals surface area contributed by atoms with Gasteiger partial charge in [-0.2, -0.15) is 4.98 Å². The van der Waals surface area contributed by atoms with Crippen molar-refractivity contribution in [1.82, 2.24) is 20.4 Å². The van der Waals surface area contributed by atoms with E-state index in [0.29, 0.717) is 17.8 Å². The van der Waals surface area contributed by atoms with Gasteiger partial charge in [-0.05, 0) is 38.4 Å². The molecule has 1 fully saturated rings. The predicted octanol–water partition coefficient (Wildman–Crippen LogP) is 1.99. The van der Waals surface area contributed by atoms with E-state index in [9.17, 15) is 0 Å². The van der Waals surface area contributed by atoms with Crippen LogP contribution in [0.15, 0.2) is 29.0 Å². The first kappa shape index (κ1) is 11.3. The molecule has 2 atom stereocenters. The van der Waals surface area contributed by atoms with Gasteiger partial charge in [0.05, 0.1) is 0 Å². The fourth-order valence-corrected chi connectivity index (χ4v) is 2.38. The molecule has 1 saturated heterocycles. The highest BCUT2D eigenvalue weighted by Crippen LogP contribution is 2.27. The summed E-state index contributed by atoms with van der Waals surface area (Å²) in [6, 6.07) is 4.29. The molecule has 0 aromatic carbocycles. The molecule has 0 aliphatic carbocycles. The Morgan fingerprint density at radius 2 is 2.17 bits per heavy atom. The van der Waals surface area contributed by atoms with Crippen molar-refractivity contribution in [3.63, 3.8) is 0 Å². The zero-order chi connectivity index (χ0) is 12.4. The molecule has 18 heavy (non-hydrogen) atoms. The van der Waals surface area contributed by atoms with Gasteiger partial charge in [0, 0.05) is 29.9 Å². The lowest BCUT2D eigenvalue weighted by molar-refractivity contribution is 0.295. The Morgan fingerprint density at radius 1 is 1.33 bits per heavy atom. The molecule has 0 radical (unpaired) electrons. The third-order valence-corrected chi connectivity index (χ3v) is 3.35. The minimum Gasteiger partial charge on any atom is -0.339 e. The standard InChI is InChI=1S/C13H16N4O/c1-9-8-11(4-7-15-9)13-16-12(17-18-13)10-2-5-14-6-3-10/h2-3,5-6,9,11,15H,4,7-8H2,1H3. The zero-order valence-corrected chi connectivity index (χ0v) is 10.3. The van der Waals surface area contributed by atoms with Crippen LogP contribution < -0.4 is 5.32 Å². The zero-order valence-electron chi connectivity index (χ0n) is 10.3.